The molecule has 8 aromatic rings. The quantitative estimate of drug-likeness (QED) is 0.187. The largest absolute Gasteiger partial charge is 0.376 e. The van der Waals surface area contributed by atoms with Gasteiger partial charge in [-0.15, -0.1) is 0 Å². The van der Waals surface area contributed by atoms with Crippen LogP contribution in [0.3, 0.4) is 0 Å². The van der Waals surface area contributed by atoms with Gasteiger partial charge in [0.15, 0.2) is 0 Å². The van der Waals surface area contributed by atoms with Gasteiger partial charge >= 0.3 is 0 Å². The molecular weight excluding hydrogens is 655 g/mol. The van der Waals surface area contributed by atoms with E-state index in [0.717, 1.165) is 67.1 Å². The molecule has 1 N–H and O–H groups in total. The Balaban J connectivity index is 1.11. The Morgan fingerprint density at radius 3 is 1.52 bits per heavy atom. The third kappa shape index (κ3) is 4.77. The van der Waals surface area contributed by atoms with Gasteiger partial charge in [0, 0.05) is 39.2 Å². The molecule has 0 spiro atoms. The molecule has 0 fully saturated rings. The summed E-state index contributed by atoms with van der Waals surface area (Å²) in [6.45, 7) is 4.66. The van der Waals surface area contributed by atoms with Crippen molar-refractivity contribution in [1.82, 2.24) is 0 Å². The maximum Gasteiger partial charge on any atom is 0.142 e. The van der Waals surface area contributed by atoms with Gasteiger partial charge in [0.2, 0.25) is 0 Å². The fraction of sp³-hybridized carbons (Fsp3) is 0.0769. The molecule has 0 aliphatic heterocycles. The van der Waals surface area contributed by atoms with Crippen LogP contribution in [0.1, 0.15) is 41.7 Å². The van der Waals surface area contributed by atoms with E-state index in [1.807, 2.05) is 18.2 Å². The summed E-state index contributed by atoms with van der Waals surface area (Å²) in [5, 5.41) is 13.4. The molecule has 54 heavy (non-hydrogen) atoms. The number of para-hydroxylation sites is 1. The molecule has 8 aromatic carbocycles. The summed E-state index contributed by atoms with van der Waals surface area (Å²) in [6.07, 6.45) is 0. The molecule has 0 heterocycles. The van der Waals surface area contributed by atoms with Gasteiger partial charge in [0.1, 0.15) is 5.60 Å². The Morgan fingerprint density at radius 1 is 0.352 bits per heavy atom. The molecule has 0 saturated carbocycles. The van der Waals surface area contributed by atoms with Gasteiger partial charge in [0.05, 0.1) is 0 Å². The summed E-state index contributed by atoms with van der Waals surface area (Å²) < 4.78 is 0. The molecule has 2 aliphatic carbocycles. The lowest BCUT2D eigenvalue weighted by molar-refractivity contribution is 0.132. The fourth-order valence-electron chi connectivity index (χ4n) is 9.17. The molecule has 0 aromatic heterocycles. The number of anilines is 3. The van der Waals surface area contributed by atoms with Crippen molar-refractivity contribution in [3.63, 3.8) is 0 Å². The van der Waals surface area contributed by atoms with Crippen LogP contribution in [-0.2, 0) is 11.0 Å². The average Bonchev–Trinajstić information content (AvgIpc) is 3.63. The van der Waals surface area contributed by atoms with Crippen molar-refractivity contribution in [2.45, 2.75) is 24.9 Å². The van der Waals surface area contributed by atoms with E-state index < -0.39 is 5.60 Å². The number of aliphatic hydroxyl groups is 1. The third-order valence-electron chi connectivity index (χ3n) is 11.7. The first kappa shape index (κ1) is 32.2. The van der Waals surface area contributed by atoms with E-state index >= 15 is 0 Å². The maximum atomic E-state index is 13.4. The van der Waals surface area contributed by atoms with Crippen LogP contribution in [-0.4, -0.2) is 5.11 Å². The molecule has 0 amide bonds. The van der Waals surface area contributed by atoms with Crippen LogP contribution in [0.5, 0.6) is 0 Å². The van der Waals surface area contributed by atoms with E-state index in [4.69, 9.17) is 0 Å². The van der Waals surface area contributed by atoms with Crippen molar-refractivity contribution in [3.05, 3.63) is 222 Å². The Morgan fingerprint density at radius 2 is 0.815 bits per heavy atom. The van der Waals surface area contributed by atoms with E-state index in [0.29, 0.717) is 0 Å². The molecule has 0 bridgehead atoms. The lowest BCUT2D eigenvalue weighted by Crippen LogP contribution is -2.27. The molecule has 0 saturated heterocycles. The van der Waals surface area contributed by atoms with Crippen molar-refractivity contribution >= 4 is 17.1 Å². The summed E-state index contributed by atoms with van der Waals surface area (Å²) in [5.41, 5.74) is 16.2. The van der Waals surface area contributed by atoms with E-state index in [1.165, 1.54) is 22.3 Å². The normalized spacial score (nSPS) is 15.9. The van der Waals surface area contributed by atoms with Gasteiger partial charge in [-0.2, -0.15) is 0 Å². The first-order valence-electron chi connectivity index (χ1n) is 18.8. The Labute approximate surface area is 317 Å². The summed E-state index contributed by atoms with van der Waals surface area (Å²) in [7, 11) is 0. The van der Waals surface area contributed by atoms with E-state index in [-0.39, 0.29) is 5.41 Å². The zero-order valence-corrected chi connectivity index (χ0v) is 30.4. The number of nitrogens with zero attached hydrogens (tertiary/aromatic N) is 1. The minimum atomic E-state index is -1.36. The highest BCUT2D eigenvalue weighted by Crippen LogP contribution is 2.56. The first-order chi connectivity index (χ1) is 26.4. The minimum absolute atomic E-state index is 0.102. The Hall–Kier alpha value is -6.48. The van der Waals surface area contributed by atoms with Crippen LogP contribution in [0, 0.1) is 0 Å². The molecular formula is C52H39NO. The summed E-state index contributed by atoms with van der Waals surface area (Å²) >= 11 is 0. The van der Waals surface area contributed by atoms with Gasteiger partial charge in [-0.3, -0.25) is 0 Å². The predicted octanol–water partition coefficient (Wildman–Crippen LogP) is 13.1. The second-order valence-electron chi connectivity index (χ2n) is 15.0. The zero-order valence-electron chi connectivity index (χ0n) is 30.4. The second kappa shape index (κ2) is 12.3. The van der Waals surface area contributed by atoms with E-state index in [9.17, 15) is 5.11 Å². The lowest BCUT2D eigenvalue weighted by atomic mass is 9.78. The molecule has 2 nitrogen and oxygen atoms in total. The standard InChI is InChI=1S/C52H39NO/c1-51(2)46-25-12-10-21-42(46)44-33-32-39(34-49(44)51)53(37-18-7-4-8-19-37)38-30-28-36(29-31-38)41-23-15-24-45-43-22-11-14-27-48(43)52(54,50(41)45)47-26-13-9-20-40(47)35-16-5-3-6-17-35/h3-34,54H,1-2H3. The smallest absolute Gasteiger partial charge is 0.142 e. The number of fused-ring (bicyclic) bond motifs is 6. The van der Waals surface area contributed by atoms with Crippen molar-refractivity contribution in [1.29, 1.82) is 0 Å². The van der Waals surface area contributed by atoms with Crippen molar-refractivity contribution < 1.29 is 5.11 Å². The monoisotopic (exact) mass is 693 g/mol. The Kier molecular flexibility index (Phi) is 7.33. The van der Waals surface area contributed by atoms with Gasteiger partial charge < -0.3 is 10.0 Å². The molecule has 10 rings (SSSR count). The van der Waals surface area contributed by atoms with E-state index in [2.05, 4.69) is 195 Å². The highest BCUT2D eigenvalue weighted by Gasteiger charge is 2.46. The first-order valence-corrected chi connectivity index (χ1v) is 18.8. The fourth-order valence-corrected chi connectivity index (χ4v) is 9.17. The number of hydrogen-bond donors (Lipinski definition) is 1. The van der Waals surface area contributed by atoms with Crippen LogP contribution < -0.4 is 4.90 Å². The van der Waals surface area contributed by atoms with Gasteiger partial charge in [0.25, 0.3) is 0 Å². The zero-order chi connectivity index (χ0) is 36.4. The van der Waals surface area contributed by atoms with Crippen LogP contribution in [0.2, 0.25) is 0 Å². The third-order valence-corrected chi connectivity index (χ3v) is 11.7. The van der Waals surface area contributed by atoms with Crippen LogP contribution in [0.25, 0.3) is 44.5 Å². The summed E-state index contributed by atoms with van der Waals surface area (Å²) in [5.74, 6) is 0. The van der Waals surface area contributed by atoms with Gasteiger partial charge in [-0.25, -0.2) is 0 Å². The van der Waals surface area contributed by atoms with Crippen molar-refractivity contribution in [3.8, 4) is 44.5 Å². The topological polar surface area (TPSA) is 23.5 Å². The minimum Gasteiger partial charge on any atom is -0.376 e. The molecule has 2 heteroatoms. The SMILES string of the molecule is CC1(C)c2ccccc2-c2ccc(N(c3ccccc3)c3ccc(-c4cccc5c4C(O)(c4ccccc4-c4ccccc4)c4ccccc4-5)cc3)cc21. The van der Waals surface area contributed by atoms with Crippen LogP contribution in [0.4, 0.5) is 17.1 Å². The highest BCUT2D eigenvalue weighted by molar-refractivity contribution is 5.92. The maximum absolute atomic E-state index is 13.4. The molecule has 1 atom stereocenters. The highest BCUT2D eigenvalue weighted by atomic mass is 16.3. The molecule has 1 unspecified atom stereocenters. The average molecular weight is 694 g/mol. The molecule has 2 aliphatic rings. The number of rotatable bonds is 6. The van der Waals surface area contributed by atoms with Crippen LogP contribution >= 0.6 is 0 Å². The number of benzene rings is 8. The summed E-state index contributed by atoms with van der Waals surface area (Å²) in [6, 6.07) is 68.6. The predicted molar refractivity (Wildman–Crippen MR) is 224 cm³/mol. The molecule has 0 radical (unpaired) electrons. The van der Waals surface area contributed by atoms with Crippen molar-refractivity contribution in [2.24, 2.45) is 0 Å². The number of hydrogen-bond acceptors (Lipinski definition) is 2. The van der Waals surface area contributed by atoms with Gasteiger partial charge in [-0.05, 0) is 92.0 Å². The van der Waals surface area contributed by atoms with Crippen LogP contribution in [0.15, 0.2) is 194 Å². The summed E-state index contributed by atoms with van der Waals surface area (Å²) in [4.78, 5) is 2.35. The Bertz CT molecular complexity index is 2690. The van der Waals surface area contributed by atoms with Gasteiger partial charge in [-0.1, -0.05) is 172 Å². The van der Waals surface area contributed by atoms with E-state index in [1.54, 1.807) is 0 Å². The molecule has 258 valence electrons. The lowest BCUT2D eigenvalue weighted by Gasteiger charge is -2.31. The second-order valence-corrected chi connectivity index (χ2v) is 15.0. The van der Waals surface area contributed by atoms with Crippen molar-refractivity contribution in [2.75, 3.05) is 4.90 Å².